The van der Waals surface area contributed by atoms with E-state index in [0.717, 1.165) is 0 Å². The van der Waals surface area contributed by atoms with Gasteiger partial charge < -0.3 is 4.52 Å². The number of nitrogens with one attached hydrogen (secondary N) is 1. The molecule has 9 heteroatoms. The molecule has 3 rings (SSSR count). The van der Waals surface area contributed by atoms with Crippen molar-refractivity contribution in [2.24, 2.45) is 5.16 Å². The van der Waals surface area contributed by atoms with Crippen LogP contribution in [0.15, 0.2) is 52.1 Å². The lowest BCUT2D eigenvalue weighted by molar-refractivity contribution is 0.166. The first kappa shape index (κ1) is 19.9. The van der Waals surface area contributed by atoms with Gasteiger partial charge in [0.15, 0.2) is 5.76 Å². The van der Waals surface area contributed by atoms with Crippen molar-refractivity contribution in [2.75, 3.05) is 5.32 Å². The Morgan fingerprint density at radius 1 is 1.18 bits per heavy atom. The molecule has 1 amide bonds. The number of aromatic nitrogens is 1. The van der Waals surface area contributed by atoms with Crippen LogP contribution in [0.4, 0.5) is 14.9 Å². The van der Waals surface area contributed by atoms with E-state index in [-0.39, 0.29) is 17.2 Å². The van der Waals surface area contributed by atoms with Crippen LogP contribution < -0.4 is 5.32 Å². The first-order chi connectivity index (χ1) is 13.4. The summed E-state index contributed by atoms with van der Waals surface area (Å²) in [4.78, 5) is 17.0. The van der Waals surface area contributed by atoms with Gasteiger partial charge in [-0.05, 0) is 43.7 Å². The van der Waals surface area contributed by atoms with Crippen LogP contribution in [-0.4, -0.2) is 17.0 Å². The number of hydrogen-bond acceptors (Lipinski definition) is 5. The molecule has 3 aromatic rings. The number of anilines is 1. The second kappa shape index (κ2) is 8.41. The molecule has 2 aromatic carbocycles. The molecule has 1 aromatic heterocycles. The number of aryl methyl sites for hydroxylation is 1. The van der Waals surface area contributed by atoms with E-state index in [1.165, 1.54) is 24.3 Å². The van der Waals surface area contributed by atoms with Gasteiger partial charge in [-0.15, -0.1) is 0 Å². The molecule has 0 unspecified atom stereocenters. The molecule has 28 heavy (non-hydrogen) atoms. The van der Waals surface area contributed by atoms with Gasteiger partial charge in [0.2, 0.25) is 0 Å². The zero-order valence-corrected chi connectivity index (χ0v) is 16.3. The number of nitrogens with zero attached hydrogens (tertiary/aromatic N) is 2. The van der Waals surface area contributed by atoms with Gasteiger partial charge in [0.25, 0.3) is 0 Å². The van der Waals surface area contributed by atoms with E-state index in [0.29, 0.717) is 32.6 Å². The molecule has 0 fully saturated rings. The highest BCUT2D eigenvalue weighted by Crippen LogP contribution is 2.39. The van der Waals surface area contributed by atoms with Crippen LogP contribution in [0.3, 0.4) is 0 Å². The van der Waals surface area contributed by atoms with Crippen molar-refractivity contribution in [1.29, 1.82) is 0 Å². The number of hydrogen-bond donors (Lipinski definition) is 1. The smallest absolute Gasteiger partial charge is 0.359 e. The number of carbonyl (C=O) groups is 1. The lowest BCUT2D eigenvalue weighted by Gasteiger charge is -2.07. The minimum absolute atomic E-state index is 0.259. The normalized spacial score (nSPS) is 11.4. The van der Waals surface area contributed by atoms with Gasteiger partial charge in [0.05, 0.1) is 15.8 Å². The molecule has 1 N–H and O–H groups in total. The third kappa shape index (κ3) is 4.32. The highest BCUT2D eigenvalue weighted by Gasteiger charge is 2.22. The van der Waals surface area contributed by atoms with Gasteiger partial charge in [-0.3, -0.25) is 10.2 Å². The summed E-state index contributed by atoms with van der Waals surface area (Å²) in [5, 5.41) is 10.9. The molecule has 0 spiro atoms. The summed E-state index contributed by atoms with van der Waals surface area (Å²) >= 11 is 12.4. The molecule has 0 atom stereocenters. The summed E-state index contributed by atoms with van der Waals surface area (Å²) in [6, 6.07) is 10.6. The minimum atomic E-state index is -0.864. The molecular formula is C19H14Cl2FN3O3. The average Bonchev–Trinajstić information content (AvgIpc) is 3.01. The van der Waals surface area contributed by atoms with E-state index >= 15 is 0 Å². The largest absolute Gasteiger partial charge is 0.438 e. The van der Waals surface area contributed by atoms with E-state index in [1.54, 1.807) is 32.0 Å². The van der Waals surface area contributed by atoms with Crippen LogP contribution in [0, 0.1) is 12.7 Å². The van der Waals surface area contributed by atoms with Crippen molar-refractivity contribution in [3.63, 3.8) is 0 Å². The van der Waals surface area contributed by atoms with Crippen LogP contribution >= 0.6 is 23.2 Å². The van der Waals surface area contributed by atoms with Gasteiger partial charge in [0.1, 0.15) is 17.2 Å². The summed E-state index contributed by atoms with van der Waals surface area (Å²) in [6.07, 6.45) is -0.864. The number of rotatable bonds is 4. The Balaban J connectivity index is 1.79. The molecule has 144 valence electrons. The highest BCUT2D eigenvalue weighted by atomic mass is 35.5. The summed E-state index contributed by atoms with van der Waals surface area (Å²) < 4.78 is 18.1. The zero-order chi connectivity index (χ0) is 20.3. The van der Waals surface area contributed by atoms with E-state index < -0.39 is 6.09 Å². The molecule has 0 aliphatic heterocycles. The first-order valence-corrected chi connectivity index (χ1v) is 8.81. The Morgan fingerprint density at radius 2 is 1.82 bits per heavy atom. The Kier molecular flexibility index (Phi) is 5.96. The molecule has 1 heterocycles. The molecule has 0 aliphatic rings. The summed E-state index contributed by atoms with van der Waals surface area (Å²) in [7, 11) is 0. The summed E-state index contributed by atoms with van der Waals surface area (Å²) in [5.74, 6) is -0.0360. The van der Waals surface area contributed by atoms with E-state index in [4.69, 9.17) is 32.6 Å². The first-order valence-electron chi connectivity index (χ1n) is 8.06. The van der Waals surface area contributed by atoms with Crippen LogP contribution in [-0.2, 0) is 4.84 Å². The Bertz CT molecular complexity index is 1030. The number of halogens is 3. The number of carbonyl (C=O) groups excluding carboxylic acids is 1. The van der Waals surface area contributed by atoms with Gasteiger partial charge in [0, 0.05) is 5.56 Å². The maximum absolute atomic E-state index is 13.0. The van der Waals surface area contributed by atoms with Crippen molar-refractivity contribution in [1.82, 2.24) is 5.16 Å². The molecule has 0 saturated carbocycles. The van der Waals surface area contributed by atoms with Crippen LogP contribution in [0.2, 0.25) is 10.0 Å². The van der Waals surface area contributed by atoms with E-state index in [1.807, 2.05) is 0 Å². The van der Waals surface area contributed by atoms with E-state index in [9.17, 15) is 9.18 Å². The quantitative estimate of drug-likeness (QED) is 0.315. The van der Waals surface area contributed by atoms with Crippen molar-refractivity contribution >= 4 is 40.7 Å². The molecule has 0 bridgehead atoms. The van der Waals surface area contributed by atoms with Crippen LogP contribution in [0.1, 0.15) is 18.2 Å². The fourth-order valence-corrected chi connectivity index (χ4v) is 2.97. The maximum Gasteiger partial charge on any atom is 0.438 e. The fourth-order valence-electron chi connectivity index (χ4n) is 2.39. The van der Waals surface area contributed by atoms with E-state index in [2.05, 4.69) is 15.6 Å². The Labute approximate surface area is 169 Å². The fraction of sp³-hybridized carbons (Fsp3) is 0.105. The number of oxime groups is 1. The average molecular weight is 422 g/mol. The Hall–Kier alpha value is -2.90. The minimum Gasteiger partial charge on any atom is -0.359 e. The third-order valence-corrected chi connectivity index (χ3v) is 4.45. The van der Waals surface area contributed by atoms with Crippen LogP contribution in [0.5, 0.6) is 0 Å². The van der Waals surface area contributed by atoms with Crippen molar-refractivity contribution in [3.8, 4) is 11.3 Å². The lowest BCUT2D eigenvalue weighted by atomic mass is 10.1. The van der Waals surface area contributed by atoms with Gasteiger partial charge in [-0.25, -0.2) is 9.18 Å². The van der Waals surface area contributed by atoms with Gasteiger partial charge in [-0.2, -0.15) is 0 Å². The number of benzene rings is 2. The highest BCUT2D eigenvalue weighted by molar-refractivity contribution is 6.39. The van der Waals surface area contributed by atoms with Gasteiger partial charge in [-0.1, -0.05) is 51.7 Å². The maximum atomic E-state index is 13.0. The second-order valence-corrected chi connectivity index (χ2v) is 6.56. The monoisotopic (exact) mass is 421 g/mol. The Morgan fingerprint density at radius 3 is 2.46 bits per heavy atom. The van der Waals surface area contributed by atoms with Crippen LogP contribution in [0.25, 0.3) is 11.3 Å². The summed E-state index contributed by atoms with van der Waals surface area (Å²) in [6.45, 7) is 3.24. The standard InChI is InChI=1S/C19H14Cl2FN3O3/c1-10(12-6-8-13(22)9-7-12)24-28-19(26)23-17-11(2)27-25-18(17)16-14(20)4-3-5-15(16)21/h3-9H,1-2H3,(H,23,26)/b24-10-. The SMILES string of the molecule is C/C(=N/OC(=O)Nc1c(-c2c(Cl)cccc2Cl)noc1C)c1ccc(F)cc1. The second-order valence-electron chi connectivity index (χ2n) is 5.75. The number of amides is 1. The zero-order valence-electron chi connectivity index (χ0n) is 14.8. The van der Waals surface area contributed by atoms with Crippen molar-refractivity contribution in [3.05, 3.63) is 69.7 Å². The van der Waals surface area contributed by atoms with Crippen molar-refractivity contribution < 1.29 is 18.5 Å². The predicted octanol–water partition coefficient (Wildman–Crippen LogP) is 6.07. The molecule has 6 nitrogen and oxygen atoms in total. The lowest BCUT2D eigenvalue weighted by Crippen LogP contribution is -2.13. The third-order valence-electron chi connectivity index (χ3n) is 3.82. The molecule has 0 radical (unpaired) electrons. The predicted molar refractivity (Wildman–Crippen MR) is 105 cm³/mol. The molecule has 0 saturated heterocycles. The van der Waals surface area contributed by atoms with Crippen molar-refractivity contribution in [2.45, 2.75) is 13.8 Å². The topological polar surface area (TPSA) is 76.7 Å². The molecular weight excluding hydrogens is 408 g/mol. The summed E-state index contributed by atoms with van der Waals surface area (Å²) in [5.41, 5.74) is 1.95. The molecule has 0 aliphatic carbocycles. The van der Waals surface area contributed by atoms with Gasteiger partial charge >= 0.3 is 6.09 Å².